The number of epoxide rings is 1. The summed E-state index contributed by atoms with van der Waals surface area (Å²) in [4.78, 5) is 0. The van der Waals surface area contributed by atoms with Crippen LogP contribution in [0.5, 0.6) is 0 Å². The third-order valence-corrected chi connectivity index (χ3v) is 2.01. The maximum Gasteiger partial charge on any atom is 0.146 e. The minimum Gasteiger partial charge on any atom is -0.382 e. The summed E-state index contributed by atoms with van der Waals surface area (Å²) in [5.41, 5.74) is 0.0898. The average Bonchev–Trinajstić information content (AvgIpc) is 2.83. The van der Waals surface area contributed by atoms with Crippen LogP contribution in [-0.4, -0.2) is 45.9 Å². The second-order valence-electron chi connectivity index (χ2n) is 3.42. The SMILES string of the molecule is COCCOCOCCC1(C)CO1. The highest BCUT2D eigenvalue weighted by Crippen LogP contribution is 2.29. The molecular formula is C9H18O4. The number of hydrogen-bond acceptors (Lipinski definition) is 4. The molecule has 1 rings (SSSR count). The molecule has 0 N–H and O–H groups in total. The van der Waals surface area contributed by atoms with Crippen LogP contribution in [-0.2, 0) is 18.9 Å². The zero-order valence-electron chi connectivity index (χ0n) is 8.38. The molecule has 0 radical (unpaired) electrons. The lowest BCUT2D eigenvalue weighted by molar-refractivity contribution is -0.0687. The lowest BCUT2D eigenvalue weighted by Crippen LogP contribution is -2.12. The second kappa shape index (κ2) is 5.54. The molecule has 0 aromatic heterocycles. The van der Waals surface area contributed by atoms with Crippen molar-refractivity contribution in [3.63, 3.8) is 0 Å². The van der Waals surface area contributed by atoms with Gasteiger partial charge in [0.15, 0.2) is 0 Å². The molecule has 4 nitrogen and oxygen atoms in total. The Hall–Kier alpha value is -0.160. The Labute approximate surface area is 79.1 Å². The first-order valence-corrected chi connectivity index (χ1v) is 4.55. The molecule has 1 atom stereocenters. The number of methoxy groups -OCH3 is 1. The van der Waals surface area contributed by atoms with Crippen molar-refractivity contribution in [1.82, 2.24) is 0 Å². The van der Waals surface area contributed by atoms with E-state index in [-0.39, 0.29) is 5.60 Å². The fourth-order valence-electron chi connectivity index (χ4n) is 0.875. The molecule has 1 aliphatic heterocycles. The predicted molar refractivity (Wildman–Crippen MR) is 47.6 cm³/mol. The fourth-order valence-corrected chi connectivity index (χ4v) is 0.875. The lowest BCUT2D eigenvalue weighted by Gasteiger charge is -2.06. The number of rotatable bonds is 8. The summed E-state index contributed by atoms with van der Waals surface area (Å²) >= 11 is 0. The molecule has 0 aromatic carbocycles. The van der Waals surface area contributed by atoms with E-state index in [4.69, 9.17) is 18.9 Å². The normalized spacial score (nSPS) is 26.3. The van der Waals surface area contributed by atoms with Gasteiger partial charge in [-0.1, -0.05) is 0 Å². The Balaban J connectivity index is 1.74. The molecule has 13 heavy (non-hydrogen) atoms. The Morgan fingerprint density at radius 3 is 2.54 bits per heavy atom. The van der Waals surface area contributed by atoms with Crippen LogP contribution in [0.25, 0.3) is 0 Å². The van der Waals surface area contributed by atoms with Crippen LogP contribution in [0.15, 0.2) is 0 Å². The molecule has 0 aliphatic carbocycles. The van der Waals surface area contributed by atoms with Crippen molar-refractivity contribution in [2.45, 2.75) is 18.9 Å². The van der Waals surface area contributed by atoms with Crippen molar-refractivity contribution in [2.75, 3.05) is 40.3 Å². The van der Waals surface area contributed by atoms with Crippen LogP contribution in [0.2, 0.25) is 0 Å². The van der Waals surface area contributed by atoms with E-state index in [1.165, 1.54) is 0 Å². The molecule has 0 aromatic rings. The quantitative estimate of drug-likeness (QED) is 0.322. The van der Waals surface area contributed by atoms with E-state index in [0.717, 1.165) is 13.0 Å². The van der Waals surface area contributed by atoms with E-state index < -0.39 is 0 Å². The molecule has 0 amide bonds. The van der Waals surface area contributed by atoms with Crippen molar-refractivity contribution in [3.05, 3.63) is 0 Å². The monoisotopic (exact) mass is 190 g/mol. The van der Waals surface area contributed by atoms with Gasteiger partial charge in [-0.25, -0.2) is 0 Å². The maximum absolute atomic E-state index is 5.24. The fraction of sp³-hybridized carbons (Fsp3) is 1.00. The van der Waals surface area contributed by atoms with Crippen molar-refractivity contribution in [1.29, 1.82) is 0 Å². The summed E-state index contributed by atoms with van der Waals surface area (Å²) in [5, 5.41) is 0. The van der Waals surface area contributed by atoms with Gasteiger partial charge in [-0.05, 0) is 6.92 Å². The first-order chi connectivity index (χ1) is 6.27. The third kappa shape index (κ3) is 5.21. The van der Waals surface area contributed by atoms with Gasteiger partial charge in [-0.3, -0.25) is 0 Å². The maximum atomic E-state index is 5.24. The van der Waals surface area contributed by atoms with Gasteiger partial charge in [0.2, 0.25) is 0 Å². The highest BCUT2D eigenvalue weighted by Gasteiger charge is 2.38. The Bertz CT molecular complexity index is 134. The summed E-state index contributed by atoms with van der Waals surface area (Å²) < 4.78 is 20.4. The zero-order chi connectivity index (χ0) is 9.57. The van der Waals surface area contributed by atoms with Crippen molar-refractivity contribution in [3.8, 4) is 0 Å². The molecule has 0 bridgehead atoms. The Morgan fingerprint density at radius 2 is 1.92 bits per heavy atom. The molecule has 0 spiro atoms. The van der Waals surface area contributed by atoms with Crippen LogP contribution in [0.3, 0.4) is 0 Å². The molecule has 1 unspecified atom stereocenters. The standard InChI is InChI=1S/C9H18O4/c1-9(7-13-9)3-4-11-8-12-6-5-10-2/h3-8H2,1-2H3. The van der Waals surface area contributed by atoms with Crippen molar-refractivity contribution in [2.24, 2.45) is 0 Å². The van der Waals surface area contributed by atoms with Gasteiger partial charge in [0, 0.05) is 13.5 Å². The molecule has 78 valence electrons. The van der Waals surface area contributed by atoms with Gasteiger partial charge in [0.05, 0.1) is 32.0 Å². The van der Waals surface area contributed by atoms with Crippen molar-refractivity contribution < 1.29 is 18.9 Å². The van der Waals surface area contributed by atoms with Gasteiger partial charge < -0.3 is 18.9 Å². The molecule has 4 heteroatoms. The van der Waals surface area contributed by atoms with Gasteiger partial charge in [0.1, 0.15) is 6.79 Å². The summed E-state index contributed by atoms with van der Waals surface area (Å²) in [6.45, 7) is 5.19. The van der Waals surface area contributed by atoms with Crippen LogP contribution in [0.4, 0.5) is 0 Å². The van der Waals surface area contributed by atoms with E-state index in [2.05, 4.69) is 6.92 Å². The molecule has 1 heterocycles. The van der Waals surface area contributed by atoms with Crippen LogP contribution in [0.1, 0.15) is 13.3 Å². The highest BCUT2D eigenvalue weighted by atomic mass is 16.7. The molecule has 1 saturated heterocycles. The van der Waals surface area contributed by atoms with E-state index in [0.29, 0.717) is 26.6 Å². The topological polar surface area (TPSA) is 40.2 Å². The van der Waals surface area contributed by atoms with Crippen LogP contribution < -0.4 is 0 Å². The minimum absolute atomic E-state index is 0.0898. The number of hydrogen-bond donors (Lipinski definition) is 0. The van der Waals surface area contributed by atoms with Crippen LogP contribution in [0, 0.1) is 0 Å². The van der Waals surface area contributed by atoms with Gasteiger partial charge in [0.25, 0.3) is 0 Å². The highest BCUT2D eigenvalue weighted by molar-refractivity contribution is 4.86. The average molecular weight is 190 g/mol. The number of ether oxygens (including phenoxy) is 4. The molecular weight excluding hydrogens is 172 g/mol. The first kappa shape index (κ1) is 10.9. The largest absolute Gasteiger partial charge is 0.382 e. The van der Waals surface area contributed by atoms with E-state index >= 15 is 0 Å². The Kier molecular flexibility index (Phi) is 4.66. The van der Waals surface area contributed by atoms with Gasteiger partial charge >= 0.3 is 0 Å². The summed E-state index contributed by atoms with van der Waals surface area (Å²) in [5.74, 6) is 0. The van der Waals surface area contributed by atoms with E-state index in [9.17, 15) is 0 Å². The van der Waals surface area contributed by atoms with E-state index in [1.54, 1.807) is 7.11 Å². The van der Waals surface area contributed by atoms with Gasteiger partial charge in [-0.2, -0.15) is 0 Å². The first-order valence-electron chi connectivity index (χ1n) is 4.55. The minimum atomic E-state index is 0.0898. The van der Waals surface area contributed by atoms with E-state index in [1.807, 2.05) is 0 Å². The lowest BCUT2D eigenvalue weighted by atomic mass is 10.1. The second-order valence-corrected chi connectivity index (χ2v) is 3.42. The molecule has 0 saturated carbocycles. The van der Waals surface area contributed by atoms with Crippen LogP contribution >= 0.6 is 0 Å². The molecule has 1 aliphatic rings. The molecule has 1 fully saturated rings. The Morgan fingerprint density at radius 1 is 1.23 bits per heavy atom. The zero-order valence-corrected chi connectivity index (χ0v) is 8.38. The summed E-state index contributed by atoms with van der Waals surface area (Å²) in [6.07, 6.45) is 0.945. The van der Waals surface area contributed by atoms with Gasteiger partial charge in [-0.15, -0.1) is 0 Å². The summed E-state index contributed by atoms with van der Waals surface area (Å²) in [6, 6.07) is 0. The van der Waals surface area contributed by atoms with Crippen molar-refractivity contribution >= 4 is 0 Å². The predicted octanol–water partition coefficient (Wildman–Crippen LogP) is 0.803. The summed E-state index contributed by atoms with van der Waals surface area (Å²) in [7, 11) is 1.65. The third-order valence-electron chi connectivity index (χ3n) is 2.01. The smallest absolute Gasteiger partial charge is 0.146 e.